The molecule has 0 amide bonds. The molecule has 0 aliphatic heterocycles. The van der Waals surface area contributed by atoms with Crippen molar-refractivity contribution in [1.29, 1.82) is 0 Å². The summed E-state index contributed by atoms with van der Waals surface area (Å²) in [6.45, 7) is 16.3. The Kier molecular flexibility index (Phi) is 6.56. The fraction of sp³-hybridized carbons (Fsp3) is 0.862. The number of aliphatic hydroxyl groups is 2. The molecule has 4 aliphatic rings. The summed E-state index contributed by atoms with van der Waals surface area (Å²) in [6, 6.07) is 0. The van der Waals surface area contributed by atoms with E-state index in [9.17, 15) is 10.2 Å². The molecule has 31 heavy (non-hydrogen) atoms. The van der Waals surface area contributed by atoms with Crippen LogP contribution in [0.2, 0.25) is 0 Å². The minimum absolute atomic E-state index is 0.0996. The summed E-state index contributed by atoms with van der Waals surface area (Å²) in [6.07, 6.45) is 13.4. The molecule has 0 aromatic rings. The molecule has 0 saturated heterocycles. The zero-order valence-electron chi connectivity index (χ0n) is 20.9. The standard InChI is InChI=1S/C29H48O2/c1-7-20(18(2)3)9-8-19(4)22-12-13-23-21-10-11-25-27(31)26(30)15-17-29(25,6)24(21)14-16-28(22,23)5/h11,19-24,26-27,30-31H,2,7-10,12-17H2,1,3-6H3/t19-,20+,21+,22-,23+,24+,26+,27-,28-,29-/m1/s1. The first-order valence-corrected chi connectivity index (χ1v) is 13.4. The van der Waals surface area contributed by atoms with Crippen molar-refractivity contribution in [3.63, 3.8) is 0 Å². The Hall–Kier alpha value is -0.600. The number of rotatable bonds is 6. The molecule has 3 fully saturated rings. The van der Waals surface area contributed by atoms with Crippen LogP contribution >= 0.6 is 0 Å². The van der Waals surface area contributed by atoms with Gasteiger partial charge in [0.15, 0.2) is 0 Å². The molecule has 2 heteroatoms. The highest BCUT2D eigenvalue weighted by molar-refractivity contribution is 5.29. The van der Waals surface area contributed by atoms with Crippen molar-refractivity contribution in [2.24, 2.45) is 46.3 Å². The van der Waals surface area contributed by atoms with Gasteiger partial charge in [-0.25, -0.2) is 0 Å². The van der Waals surface area contributed by atoms with Crippen molar-refractivity contribution in [1.82, 2.24) is 0 Å². The summed E-state index contributed by atoms with van der Waals surface area (Å²) in [5.41, 5.74) is 3.12. The van der Waals surface area contributed by atoms with Crippen LogP contribution in [0.1, 0.15) is 98.8 Å². The predicted octanol–water partition coefficient (Wildman–Crippen LogP) is 6.92. The van der Waals surface area contributed by atoms with E-state index in [1.54, 1.807) is 0 Å². The maximum absolute atomic E-state index is 10.7. The molecule has 0 unspecified atom stereocenters. The third kappa shape index (κ3) is 3.78. The monoisotopic (exact) mass is 428 g/mol. The van der Waals surface area contributed by atoms with Crippen LogP contribution in [0.5, 0.6) is 0 Å². The molecule has 0 aromatic heterocycles. The molecule has 0 bridgehead atoms. The molecular formula is C29H48O2. The molecule has 0 radical (unpaired) electrons. The fourth-order valence-electron chi connectivity index (χ4n) is 9.16. The van der Waals surface area contributed by atoms with Gasteiger partial charge >= 0.3 is 0 Å². The Bertz CT molecular complexity index is 710. The van der Waals surface area contributed by atoms with Gasteiger partial charge in [-0.05, 0) is 123 Å². The Morgan fingerprint density at radius 1 is 1.10 bits per heavy atom. The molecule has 0 aromatic carbocycles. The van der Waals surface area contributed by atoms with Gasteiger partial charge in [0.25, 0.3) is 0 Å². The van der Waals surface area contributed by atoms with Crippen molar-refractivity contribution in [2.45, 2.75) is 111 Å². The lowest BCUT2D eigenvalue weighted by atomic mass is 9.46. The zero-order valence-corrected chi connectivity index (χ0v) is 20.9. The van der Waals surface area contributed by atoms with Gasteiger partial charge in [-0.3, -0.25) is 0 Å². The van der Waals surface area contributed by atoms with Crippen molar-refractivity contribution in [3.8, 4) is 0 Å². The van der Waals surface area contributed by atoms with Crippen LogP contribution in [-0.4, -0.2) is 22.4 Å². The molecule has 3 saturated carbocycles. The molecule has 2 N–H and O–H groups in total. The second-order valence-electron chi connectivity index (χ2n) is 12.5. The quantitative estimate of drug-likeness (QED) is 0.451. The number of hydrogen-bond acceptors (Lipinski definition) is 2. The van der Waals surface area contributed by atoms with Gasteiger partial charge in [0.2, 0.25) is 0 Å². The zero-order chi connectivity index (χ0) is 22.6. The van der Waals surface area contributed by atoms with Crippen LogP contribution in [0, 0.1) is 46.3 Å². The van der Waals surface area contributed by atoms with E-state index in [2.05, 4.69) is 47.3 Å². The molecule has 0 spiro atoms. The lowest BCUT2D eigenvalue weighted by Gasteiger charge is -2.59. The topological polar surface area (TPSA) is 40.5 Å². The van der Waals surface area contributed by atoms with Crippen LogP contribution in [0.4, 0.5) is 0 Å². The van der Waals surface area contributed by atoms with Crippen LogP contribution in [0.15, 0.2) is 23.8 Å². The van der Waals surface area contributed by atoms with E-state index < -0.39 is 12.2 Å². The Balaban J connectivity index is 1.50. The summed E-state index contributed by atoms with van der Waals surface area (Å²) in [5, 5.41) is 21.0. The van der Waals surface area contributed by atoms with E-state index in [0.29, 0.717) is 17.3 Å². The lowest BCUT2D eigenvalue weighted by molar-refractivity contribution is -0.0801. The summed E-state index contributed by atoms with van der Waals surface area (Å²) in [7, 11) is 0. The van der Waals surface area contributed by atoms with Gasteiger partial charge in [-0.1, -0.05) is 45.9 Å². The van der Waals surface area contributed by atoms with Gasteiger partial charge in [-0.15, -0.1) is 0 Å². The number of allylic oxidation sites excluding steroid dienone is 2. The van der Waals surface area contributed by atoms with Crippen LogP contribution in [-0.2, 0) is 0 Å². The van der Waals surface area contributed by atoms with E-state index in [0.717, 1.165) is 42.9 Å². The number of aliphatic hydroxyl groups excluding tert-OH is 2. The van der Waals surface area contributed by atoms with Gasteiger partial charge in [-0.2, -0.15) is 0 Å². The molecule has 10 atom stereocenters. The molecule has 4 aliphatic carbocycles. The summed E-state index contributed by atoms with van der Waals surface area (Å²) in [4.78, 5) is 0. The predicted molar refractivity (Wildman–Crippen MR) is 130 cm³/mol. The van der Waals surface area contributed by atoms with Crippen molar-refractivity contribution < 1.29 is 10.2 Å². The molecule has 0 heterocycles. The third-order valence-electron chi connectivity index (χ3n) is 11.1. The normalized spacial score (nSPS) is 46.4. The first-order valence-electron chi connectivity index (χ1n) is 13.4. The molecule has 176 valence electrons. The minimum Gasteiger partial charge on any atom is -0.390 e. The summed E-state index contributed by atoms with van der Waals surface area (Å²) < 4.78 is 0. The third-order valence-corrected chi connectivity index (χ3v) is 11.1. The van der Waals surface area contributed by atoms with Crippen LogP contribution < -0.4 is 0 Å². The first kappa shape index (κ1) is 23.6. The van der Waals surface area contributed by atoms with E-state index >= 15 is 0 Å². The van der Waals surface area contributed by atoms with Gasteiger partial charge < -0.3 is 10.2 Å². The molecule has 4 rings (SSSR count). The average molecular weight is 429 g/mol. The summed E-state index contributed by atoms with van der Waals surface area (Å²) >= 11 is 0. The minimum atomic E-state index is -0.635. The Morgan fingerprint density at radius 3 is 2.52 bits per heavy atom. The first-order chi connectivity index (χ1) is 14.6. The van der Waals surface area contributed by atoms with Crippen molar-refractivity contribution >= 4 is 0 Å². The van der Waals surface area contributed by atoms with Gasteiger partial charge in [0.1, 0.15) is 6.10 Å². The van der Waals surface area contributed by atoms with E-state index in [1.807, 2.05) is 0 Å². The highest BCUT2D eigenvalue weighted by Gasteiger charge is 2.60. The smallest absolute Gasteiger partial charge is 0.101 e. The van der Waals surface area contributed by atoms with Gasteiger partial charge in [0, 0.05) is 0 Å². The van der Waals surface area contributed by atoms with E-state index in [-0.39, 0.29) is 5.41 Å². The number of fused-ring (bicyclic) bond motifs is 5. The van der Waals surface area contributed by atoms with Gasteiger partial charge in [0.05, 0.1) is 6.10 Å². The van der Waals surface area contributed by atoms with E-state index in [4.69, 9.17) is 0 Å². The summed E-state index contributed by atoms with van der Waals surface area (Å²) in [5.74, 6) is 4.65. The number of hydrogen-bond donors (Lipinski definition) is 2. The second-order valence-corrected chi connectivity index (χ2v) is 12.5. The lowest BCUT2D eigenvalue weighted by Crippen LogP contribution is -2.53. The maximum atomic E-state index is 10.7. The average Bonchev–Trinajstić information content (AvgIpc) is 3.08. The fourth-order valence-corrected chi connectivity index (χ4v) is 9.16. The van der Waals surface area contributed by atoms with Crippen molar-refractivity contribution in [2.75, 3.05) is 0 Å². The highest BCUT2D eigenvalue weighted by Crippen LogP contribution is 2.67. The highest BCUT2D eigenvalue weighted by atomic mass is 16.3. The largest absolute Gasteiger partial charge is 0.390 e. The Labute approximate surface area is 191 Å². The maximum Gasteiger partial charge on any atom is 0.101 e. The van der Waals surface area contributed by atoms with Crippen molar-refractivity contribution in [3.05, 3.63) is 23.8 Å². The molecule has 2 nitrogen and oxygen atoms in total. The molecular weight excluding hydrogens is 380 g/mol. The van der Waals surface area contributed by atoms with Crippen LogP contribution in [0.3, 0.4) is 0 Å². The second kappa shape index (κ2) is 8.64. The SMILES string of the molecule is C=C(C)[C@@H](CC)CC[C@@H](C)[C@H]1CC[C@H]2[C@@H]3CC=C4[C@@H](O)[C@@H](O)CC[C@]4(C)[C@H]3CC[C@]12C. The van der Waals surface area contributed by atoms with Crippen LogP contribution in [0.25, 0.3) is 0 Å². The van der Waals surface area contributed by atoms with E-state index in [1.165, 1.54) is 56.1 Å². The Morgan fingerprint density at radius 2 is 1.84 bits per heavy atom.